The van der Waals surface area contributed by atoms with Gasteiger partial charge in [-0.25, -0.2) is 0 Å². The summed E-state index contributed by atoms with van der Waals surface area (Å²) in [5.41, 5.74) is 7.86. The maximum absolute atomic E-state index is 11.1. The molecule has 5 heteroatoms. The van der Waals surface area contributed by atoms with Crippen LogP contribution in [-0.2, 0) is 0 Å². The van der Waals surface area contributed by atoms with E-state index < -0.39 is 12.0 Å². The Labute approximate surface area is 142 Å². The third kappa shape index (κ3) is 3.93. The molecule has 1 unspecified atom stereocenters. The lowest BCUT2D eigenvalue weighted by Gasteiger charge is -2.37. The van der Waals surface area contributed by atoms with Crippen LogP contribution >= 0.6 is 0 Å². The summed E-state index contributed by atoms with van der Waals surface area (Å²) in [5, 5.41) is 10.3. The van der Waals surface area contributed by atoms with Crippen molar-refractivity contribution in [1.82, 2.24) is 4.90 Å². The summed E-state index contributed by atoms with van der Waals surface area (Å²) in [6.45, 7) is 4.26. The standard InChI is InChI=1S/C19H23N3O2/c20-19(24)16-6-8-17(9-7-16)22-12-10-21(11-13-22)14-18(23)15-4-2-1-3-5-15/h1-9,18,23H,10-14H2,(H2,20,24). The van der Waals surface area contributed by atoms with Crippen LogP contribution in [0.2, 0.25) is 0 Å². The van der Waals surface area contributed by atoms with Crippen LogP contribution < -0.4 is 10.6 Å². The van der Waals surface area contributed by atoms with Crippen molar-refractivity contribution in [1.29, 1.82) is 0 Å². The van der Waals surface area contributed by atoms with E-state index >= 15 is 0 Å². The van der Waals surface area contributed by atoms with E-state index in [9.17, 15) is 9.90 Å². The Morgan fingerprint density at radius 3 is 2.21 bits per heavy atom. The van der Waals surface area contributed by atoms with Crippen molar-refractivity contribution in [3.05, 3.63) is 65.7 Å². The predicted octanol–water partition coefficient (Wildman–Crippen LogP) is 1.64. The summed E-state index contributed by atoms with van der Waals surface area (Å²) < 4.78 is 0. The normalized spacial score (nSPS) is 16.8. The fraction of sp³-hybridized carbons (Fsp3) is 0.316. The third-order valence-electron chi connectivity index (χ3n) is 4.50. The van der Waals surface area contributed by atoms with Gasteiger partial charge in [-0.2, -0.15) is 0 Å². The number of rotatable bonds is 5. The zero-order valence-corrected chi connectivity index (χ0v) is 13.6. The second kappa shape index (κ2) is 7.47. The average Bonchev–Trinajstić information content (AvgIpc) is 2.63. The van der Waals surface area contributed by atoms with E-state index in [2.05, 4.69) is 9.80 Å². The first-order valence-corrected chi connectivity index (χ1v) is 8.23. The molecule has 0 aromatic heterocycles. The molecule has 3 N–H and O–H groups in total. The molecule has 1 aliphatic heterocycles. The van der Waals surface area contributed by atoms with Crippen LogP contribution in [0, 0.1) is 0 Å². The highest BCUT2D eigenvalue weighted by atomic mass is 16.3. The molecule has 0 saturated carbocycles. The van der Waals surface area contributed by atoms with Gasteiger partial charge in [-0.05, 0) is 29.8 Å². The minimum atomic E-state index is -0.451. The fourth-order valence-corrected chi connectivity index (χ4v) is 3.05. The molecule has 1 amide bonds. The molecule has 0 aliphatic carbocycles. The van der Waals surface area contributed by atoms with Crippen molar-refractivity contribution in [3.63, 3.8) is 0 Å². The van der Waals surface area contributed by atoms with Crippen molar-refractivity contribution in [2.75, 3.05) is 37.6 Å². The molecule has 0 bridgehead atoms. The average molecular weight is 325 g/mol. The number of hydrogen-bond acceptors (Lipinski definition) is 4. The van der Waals surface area contributed by atoms with Crippen LogP contribution in [0.1, 0.15) is 22.0 Å². The van der Waals surface area contributed by atoms with E-state index in [0.29, 0.717) is 12.1 Å². The smallest absolute Gasteiger partial charge is 0.248 e. The van der Waals surface area contributed by atoms with Crippen molar-refractivity contribution in [3.8, 4) is 0 Å². The number of amides is 1. The van der Waals surface area contributed by atoms with Gasteiger partial charge in [0.25, 0.3) is 0 Å². The number of primary amides is 1. The van der Waals surface area contributed by atoms with Gasteiger partial charge in [0.1, 0.15) is 0 Å². The number of benzene rings is 2. The summed E-state index contributed by atoms with van der Waals surface area (Å²) in [6.07, 6.45) is -0.451. The maximum atomic E-state index is 11.1. The molecule has 1 fully saturated rings. The van der Waals surface area contributed by atoms with Crippen LogP contribution in [0.25, 0.3) is 0 Å². The Balaban J connectivity index is 1.53. The number of carbonyl (C=O) groups excluding carboxylic acids is 1. The molecular formula is C19H23N3O2. The summed E-state index contributed by atoms with van der Waals surface area (Å²) >= 11 is 0. The van der Waals surface area contributed by atoms with Gasteiger partial charge in [0.15, 0.2) is 0 Å². The van der Waals surface area contributed by atoms with E-state index in [4.69, 9.17) is 5.73 Å². The molecule has 1 saturated heterocycles. The van der Waals surface area contributed by atoms with Gasteiger partial charge in [-0.3, -0.25) is 9.69 Å². The minimum Gasteiger partial charge on any atom is -0.387 e. The quantitative estimate of drug-likeness (QED) is 0.877. The van der Waals surface area contributed by atoms with Crippen molar-refractivity contribution < 1.29 is 9.90 Å². The monoisotopic (exact) mass is 325 g/mol. The number of carbonyl (C=O) groups is 1. The first-order chi connectivity index (χ1) is 11.6. The van der Waals surface area contributed by atoms with E-state index in [1.807, 2.05) is 42.5 Å². The van der Waals surface area contributed by atoms with Crippen LogP contribution in [0.15, 0.2) is 54.6 Å². The molecule has 3 rings (SSSR count). The molecule has 126 valence electrons. The summed E-state index contributed by atoms with van der Waals surface area (Å²) in [4.78, 5) is 15.7. The topological polar surface area (TPSA) is 69.8 Å². The fourth-order valence-electron chi connectivity index (χ4n) is 3.05. The summed E-state index contributed by atoms with van der Waals surface area (Å²) in [5.74, 6) is -0.402. The number of nitrogens with zero attached hydrogens (tertiary/aromatic N) is 2. The Morgan fingerprint density at radius 1 is 1.00 bits per heavy atom. The second-order valence-electron chi connectivity index (χ2n) is 6.13. The van der Waals surface area contributed by atoms with E-state index in [1.165, 1.54) is 0 Å². The molecule has 5 nitrogen and oxygen atoms in total. The highest BCUT2D eigenvalue weighted by Crippen LogP contribution is 2.19. The molecule has 1 atom stereocenters. The van der Waals surface area contributed by atoms with Gasteiger partial charge in [0, 0.05) is 44.0 Å². The SMILES string of the molecule is NC(=O)c1ccc(N2CCN(CC(O)c3ccccc3)CC2)cc1. The van der Waals surface area contributed by atoms with Gasteiger partial charge in [0.2, 0.25) is 5.91 Å². The first-order valence-electron chi connectivity index (χ1n) is 8.23. The second-order valence-corrected chi connectivity index (χ2v) is 6.13. The highest BCUT2D eigenvalue weighted by molar-refractivity contribution is 5.93. The van der Waals surface area contributed by atoms with Gasteiger partial charge < -0.3 is 15.7 Å². The van der Waals surface area contributed by atoms with Gasteiger partial charge in [-0.1, -0.05) is 30.3 Å². The van der Waals surface area contributed by atoms with Gasteiger partial charge >= 0.3 is 0 Å². The lowest BCUT2D eigenvalue weighted by atomic mass is 10.1. The molecule has 24 heavy (non-hydrogen) atoms. The number of β-amino-alcohol motifs (C(OH)–C–C–N with tert-alkyl or cyclic N) is 1. The Kier molecular flexibility index (Phi) is 5.13. The lowest BCUT2D eigenvalue weighted by Crippen LogP contribution is -2.47. The van der Waals surface area contributed by atoms with Crippen LogP contribution in [0.4, 0.5) is 5.69 Å². The van der Waals surface area contributed by atoms with Gasteiger partial charge in [0.05, 0.1) is 6.10 Å². The van der Waals surface area contributed by atoms with Crippen LogP contribution in [0.3, 0.4) is 0 Å². The number of aliphatic hydroxyl groups excluding tert-OH is 1. The van der Waals surface area contributed by atoms with Crippen LogP contribution in [0.5, 0.6) is 0 Å². The maximum Gasteiger partial charge on any atom is 0.248 e. The van der Waals surface area contributed by atoms with E-state index in [1.54, 1.807) is 12.1 Å². The third-order valence-corrected chi connectivity index (χ3v) is 4.50. The number of hydrogen-bond donors (Lipinski definition) is 2. The van der Waals surface area contributed by atoms with E-state index in [-0.39, 0.29) is 0 Å². The van der Waals surface area contributed by atoms with E-state index in [0.717, 1.165) is 37.4 Å². The molecule has 0 radical (unpaired) electrons. The molecule has 0 spiro atoms. The Morgan fingerprint density at radius 2 is 1.62 bits per heavy atom. The predicted molar refractivity (Wildman–Crippen MR) is 95.0 cm³/mol. The molecule has 1 aliphatic rings. The largest absolute Gasteiger partial charge is 0.387 e. The summed E-state index contributed by atoms with van der Waals surface area (Å²) in [7, 11) is 0. The number of anilines is 1. The molecule has 2 aromatic carbocycles. The van der Waals surface area contributed by atoms with Crippen molar-refractivity contribution in [2.24, 2.45) is 5.73 Å². The Hall–Kier alpha value is -2.37. The first kappa shape index (κ1) is 16.5. The summed E-state index contributed by atoms with van der Waals surface area (Å²) in [6, 6.07) is 17.2. The number of aliphatic hydroxyl groups is 1. The Bertz CT molecular complexity index is 665. The zero-order valence-electron chi connectivity index (χ0n) is 13.6. The van der Waals surface area contributed by atoms with Crippen molar-refractivity contribution >= 4 is 11.6 Å². The minimum absolute atomic E-state index is 0.402. The number of nitrogens with two attached hydrogens (primary N) is 1. The molecule has 2 aromatic rings. The lowest BCUT2D eigenvalue weighted by molar-refractivity contribution is 0.1000. The highest BCUT2D eigenvalue weighted by Gasteiger charge is 2.20. The zero-order chi connectivity index (χ0) is 16.9. The van der Waals surface area contributed by atoms with Crippen LogP contribution in [-0.4, -0.2) is 48.6 Å². The van der Waals surface area contributed by atoms with Crippen molar-refractivity contribution in [2.45, 2.75) is 6.10 Å². The molecule has 1 heterocycles. The number of piperazine rings is 1. The molecular weight excluding hydrogens is 302 g/mol. The van der Waals surface area contributed by atoms with Gasteiger partial charge in [-0.15, -0.1) is 0 Å².